The number of alkyl carbamates (subject to hydrolysis) is 1. The Bertz CT molecular complexity index is 1500. The largest absolute Gasteiger partial charge is 0.497 e. The van der Waals surface area contributed by atoms with Crippen molar-refractivity contribution in [3.63, 3.8) is 0 Å². The molecule has 0 spiro atoms. The van der Waals surface area contributed by atoms with Gasteiger partial charge in [-0.05, 0) is 36.8 Å². The summed E-state index contributed by atoms with van der Waals surface area (Å²) in [5, 5.41) is 16.0. The summed E-state index contributed by atoms with van der Waals surface area (Å²) in [5.74, 6) is -6.26. The van der Waals surface area contributed by atoms with Crippen molar-refractivity contribution in [1.29, 1.82) is 0 Å². The molecule has 11 nitrogen and oxygen atoms in total. The lowest BCUT2D eigenvalue weighted by Crippen LogP contribution is -2.60. The molecule has 1 aliphatic carbocycles. The summed E-state index contributed by atoms with van der Waals surface area (Å²) in [4.78, 5) is 47.6. The lowest BCUT2D eigenvalue weighted by atomic mass is 9.73. The van der Waals surface area contributed by atoms with E-state index in [0.717, 1.165) is 18.9 Å². The molecule has 2 aromatic rings. The van der Waals surface area contributed by atoms with Crippen molar-refractivity contribution < 1.29 is 42.5 Å². The minimum atomic E-state index is -3.49. The molecule has 1 saturated heterocycles. The molecule has 3 N–H and O–H groups in total. The second-order valence-corrected chi connectivity index (χ2v) is 12.7. The molecule has 1 aliphatic heterocycles. The number of aliphatic carboxylic acids is 1. The number of benzene rings is 1. The Morgan fingerprint density at radius 2 is 1.91 bits per heavy atom. The van der Waals surface area contributed by atoms with Crippen LogP contribution in [0.25, 0.3) is 11.0 Å². The van der Waals surface area contributed by atoms with Crippen molar-refractivity contribution in [3.05, 3.63) is 49.2 Å². The first kappa shape index (κ1) is 34.7. The number of hydrogen-bond donors (Lipinski definition) is 3. The van der Waals surface area contributed by atoms with Gasteiger partial charge < -0.3 is 24.6 Å². The van der Waals surface area contributed by atoms with Gasteiger partial charge in [-0.15, -0.1) is 13.2 Å². The van der Waals surface area contributed by atoms with Crippen LogP contribution in [0.2, 0.25) is 0 Å². The molecule has 0 radical (unpaired) electrons. The summed E-state index contributed by atoms with van der Waals surface area (Å²) in [6.07, 6.45) is 1.79. The highest BCUT2D eigenvalue weighted by atomic mass is 19.3. The normalized spacial score (nSPS) is 24.2. The van der Waals surface area contributed by atoms with Crippen LogP contribution in [0.4, 0.5) is 13.6 Å². The third kappa shape index (κ3) is 7.30. The third-order valence-corrected chi connectivity index (χ3v) is 8.59. The molecular weight excluding hydrogens is 602 g/mol. The first-order valence-corrected chi connectivity index (χ1v) is 15.3. The SMILES string of the molecule is C=CC[C@@H]1C[C@H]1OC(=O)NCC(C)(C)CC(=O)[C@@]1(C(=O)O)NCC(Oc2nc3cc(OC)ccc3nc2C(F)(F)CC=C)C1CC. The zero-order chi connectivity index (χ0) is 33.9. The van der Waals surface area contributed by atoms with E-state index in [2.05, 4.69) is 33.8 Å². The molecule has 1 saturated carbocycles. The molecule has 46 heavy (non-hydrogen) atoms. The molecule has 0 bridgehead atoms. The maximum atomic E-state index is 15.3. The maximum Gasteiger partial charge on any atom is 0.407 e. The average molecular weight is 645 g/mol. The van der Waals surface area contributed by atoms with Gasteiger partial charge in [-0.3, -0.25) is 10.1 Å². The number of amides is 1. The van der Waals surface area contributed by atoms with Gasteiger partial charge >= 0.3 is 12.1 Å². The Kier molecular flexibility index (Phi) is 10.3. The maximum absolute atomic E-state index is 15.3. The van der Waals surface area contributed by atoms with Gasteiger partial charge in [0.2, 0.25) is 5.88 Å². The van der Waals surface area contributed by atoms with Gasteiger partial charge in [-0.25, -0.2) is 19.6 Å². The molecule has 2 fully saturated rings. The molecule has 2 aliphatic rings. The average Bonchev–Trinajstić information content (AvgIpc) is 3.60. The number of alkyl halides is 2. The van der Waals surface area contributed by atoms with Gasteiger partial charge in [0.1, 0.15) is 18.0 Å². The van der Waals surface area contributed by atoms with Crippen LogP contribution in [0, 0.1) is 17.3 Å². The number of hydrogen-bond acceptors (Lipinski definition) is 9. The van der Waals surface area contributed by atoms with E-state index >= 15 is 8.78 Å². The molecule has 1 aromatic heterocycles. The number of carbonyl (C=O) groups is 3. The van der Waals surface area contributed by atoms with E-state index in [4.69, 9.17) is 14.2 Å². The summed E-state index contributed by atoms with van der Waals surface area (Å²) in [5.41, 5.74) is -3.21. The monoisotopic (exact) mass is 644 g/mol. The zero-order valence-electron chi connectivity index (χ0n) is 26.6. The minimum Gasteiger partial charge on any atom is -0.497 e. The summed E-state index contributed by atoms with van der Waals surface area (Å²) in [6, 6.07) is 4.59. The Morgan fingerprint density at radius 1 is 1.17 bits per heavy atom. The summed E-state index contributed by atoms with van der Waals surface area (Å²) < 4.78 is 47.3. The molecule has 1 amide bonds. The van der Waals surface area contributed by atoms with Crippen molar-refractivity contribution >= 4 is 28.9 Å². The van der Waals surface area contributed by atoms with Gasteiger partial charge in [-0.1, -0.05) is 32.9 Å². The highest BCUT2D eigenvalue weighted by Crippen LogP contribution is 2.41. The number of nitrogens with one attached hydrogen (secondary N) is 2. The van der Waals surface area contributed by atoms with E-state index in [0.29, 0.717) is 5.75 Å². The number of rotatable bonds is 16. The summed E-state index contributed by atoms with van der Waals surface area (Å²) >= 11 is 0. The highest BCUT2D eigenvalue weighted by Gasteiger charge is 2.59. The van der Waals surface area contributed by atoms with Crippen LogP contribution >= 0.6 is 0 Å². The van der Waals surface area contributed by atoms with E-state index in [1.54, 1.807) is 32.9 Å². The van der Waals surface area contributed by atoms with Crippen molar-refractivity contribution in [2.45, 2.75) is 76.5 Å². The van der Waals surface area contributed by atoms with Crippen LogP contribution in [-0.4, -0.2) is 70.9 Å². The topological polar surface area (TPSA) is 149 Å². The standard InChI is InChI=1S/C33H42F2N4O7/c1-7-10-19-14-24(19)46-30(43)36-18-31(4,5)16-26(40)33(29(41)42)21(9-3)25(17-37-33)45-28-27(32(34,35)13-8-2)38-22-12-11-20(44-6)15-23(22)39-28/h7-8,11-12,15,19,21,24-25,37H,1-2,9-10,13-14,16-18H2,3-6H3,(H,36,43)(H,41,42)/t19-,21?,24-,25?,33+/m1/s1. The van der Waals surface area contributed by atoms with Crippen LogP contribution in [0.1, 0.15) is 58.6 Å². The number of aromatic nitrogens is 2. The Balaban J connectivity index is 1.55. The zero-order valence-corrected chi connectivity index (χ0v) is 26.6. The molecule has 2 heterocycles. The van der Waals surface area contributed by atoms with Gasteiger partial charge in [0.25, 0.3) is 5.92 Å². The molecule has 13 heteroatoms. The Hall–Kier alpha value is -4.13. The van der Waals surface area contributed by atoms with Crippen LogP contribution < -0.4 is 20.1 Å². The fourth-order valence-electron chi connectivity index (χ4n) is 6.01. The second kappa shape index (κ2) is 13.7. The van der Waals surface area contributed by atoms with Crippen LogP contribution in [-0.2, 0) is 20.2 Å². The molecule has 2 unspecified atom stereocenters. The number of Topliss-reactive ketones (excluding diaryl/α,β-unsaturated/α-hetero) is 1. The van der Waals surface area contributed by atoms with E-state index in [9.17, 15) is 19.5 Å². The van der Waals surface area contributed by atoms with Crippen molar-refractivity contribution in [1.82, 2.24) is 20.6 Å². The van der Waals surface area contributed by atoms with E-state index in [-0.39, 0.29) is 49.0 Å². The van der Waals surface area contributed by atoms with Crippen LogP contribution in [0.15, 0.2) is 43.5 Å². The predicted octanol–water partition coefficient (Wildman–Crippen LogP) is 5.18. The first-order valence-electron chi connectivity index (χ1n) is 15.3. The number of carbonyl (C=O) groups excluding carboxylic acids is 2. The van der Waals surface area contributed by atoms with Crippen molar-refractivity contribution in [3.8, 4) is 11.6 Å². The Labute approximate surface area is 266 Å². The predicted molar refractivity (Wildman–Crippen MR) is 166 cm³/mol. The van der Waals surface area contributed by atoms with Crippen LogP contribution in [0.3, 0.4) is 0 Å². The fourth-order valence-corrected chi connectivity index (χ4v) is 6.01. The van der Waals surface area contributed by atoms with Gasteiger partial charge in [0.15, 0.2) is 17.0 Å². The van der Waals surface area contributed by atoms with E-state index < -0.39 is 64.7 Å². The number of methoxy groups -OCH3 is 1. The van der Waals surface area contributed by atoms with Gasteiger partial charge in [0, 0.05) is 43.8 Å². The van der Waals surface area contributed by atoms with Crippen LogP contribution in [0.5, 0.6) is 11.6 Å². The quantitative estimate of drug-likeness (QED) is 0.165. The number of nitrogens with zero attached hydrogens (tertiary/aromatic N) is 2. The van der Waals surface area contributed by atoms with Crippen molar-refractivity contribution in [2.75, 3.05) is 20.2 Å². The fraction of sp³-hybridized carbons (Fsp3) is 0.545. The number of allylic oxidation sites excluding steroid dienone is 2. The number of ketones is 1. The third-order valence-electron chi connectivity index (χ3n) is 8.59. The number of halogens is 2. The minimum absolute atomic E-state index is 0.0563. The van der Waals surface area contributed by atoms with E-state index in [1.807, 2.05) is 0 Å². The lowest BCUT2D eigenvalue weighted by molar-refractivity contribution is -0.153. The van der Waals surface area contributed by atoms with Gasteiger partial charge in [-0.2, -0.15) is 8.78 Å². The first-order chi connectivity index (χ1) is 21.7. The molecule has 1 aromatic carbocycles. The number of carboxylic acid groups (broad SMARTS) is 1. The molecule has 250 valence electrons. The van der Waals surface area contributed by atoms with E-state index in [1.165, 1.54) is 19.2 Å². The molecular formula is C33H42F2N4O7. The van der Waals surface area contributed by atoms with Crippen molar-refractivity contribution in [2.24, 2.45) is 17.3 Å². The molecule has 5 atom stereocenters. The summed E-state index contributed by atoms with van der Waals surface area (Å²) in [7, 11) is 1.45. The number of fused-ring (bicyclic) bond motifs is 1. The number of ether oxygens (including phenoxy) is 3. The smallest absolute Gasteiger partial charge is 0.407 e. The summed E-state index contributed by atoms with van der Waals surface area (Å²) in [6.45, 7) is 12.2. The van der Waals surface area contributed by atoms with Gasteiger partial charge in [0.05, 0.1) is 18.1 Å². The lowest BCUT2D eigenvalue weighted by Gasteiger charge is -2.34. The number of carboxylic acids is 1. The highest BCUT2D eigenvalue weighted by molar-refractivity contribution is 6.09. The Morgan fingerprint density at radius 3 is 2.54 bits per heavy atom. The molecule has 4 rings (SSSR count). The second-order valence-electron chi connectivity index (χ2n) is 12.7.